The van der Waals surface area contributed by atoms with E-state index in [0.717, 1.165) is 16.4 Å². The summed E-state index contributed by atoms with van der Waals surface area (Å²) in [6.07, 6.45) is 0. The monoisotopic (exact) mass is 278 g/mol. The summed E-state index contributed by atoms with van der Waals surface area (Å²) in [6.45, 7) is 5.62. The van der Waals surface area contributed by atoms with Crippen LogP contribution >= 0.6 is 11.3 Å². The molecular weight excluding hydrogens is 264 g/mol. The molecule has 0 saturated heterocycles. The number of aryl methyl sites for hydroxylation is 2. The maximum absolute atomic E-state index is 11.0. The maximum atomic E-state index is 11.0. The molecule has 0 aliphatic heterocycles. The van der Waals surface area contributed by atoms with Gasteiger partial charge in [0.2, 0.25) is 5.82 Å². The molecule has 2 rings (SSSR count). The molecule has 0 aromatic carbocycles. The first-order valence-corrected chi connectivity index (χ1v) is 6.66. The van der Waals surface area contributed by atoms with Crippen LogP contribution in [0, 0.1) is 24.0 Å². The van der Waals surface area contributed by atoms with Gasteiger partial charge < -0.3 is 5.32 Å². The van der Waals surface area contributed by atoms with Gasteiger partial charge in [-0.3, -0.25) is 10.1 Å². The van der Waals surface area contributed by atoms with Gasteiger partial charge in [0.05, 0.1) is 11.0 Å². The molecule has 1 unspecified atom stereocenters. The van der Waals surface area contributed by atoms with E-state index in [1.165, 1.54) is 17.4 Å². The largest absolute Gasteiger partial charge is 0.355 e. The van der Waals surface area contributed by atoms with Crippen LogP contribution in [-0.4, -0.2) is 14.9 Å². The third kappa shape index (κ3) is 3.05. The highest BCUT2D eigenvalue weighted by atomic mass is 32.1. The third-order valence-electron chi connectivity index (χ3n) is 2.57. The lowest BCUT2D eigenvalue weighted by molar-refractivity contribution is -0.384. The van der Waals surface area contributed by atoms with Crippen molar-refractivity contribution in [2.24, 2.45) is 0 Å². The lowest BCUT2D eigenvalue weighted by Gasteiger charge is -2.12. The van der Waals surface area contributed by atoms with Gasteiger partial charge in [0, 0.05) is 22.8 Å². The van der Waals surface area contributed by atoms with Crippen molar-refractivity contribution in [3.63, 3.8) is 0 Å². The van der Waals surface area contributed by atoms with Crippen molar-refractivity contribution in [1.82, 2.24) is 9.97 Å². The summed E-state index contributed by atoms with van der Waals surface area (Å²) in [5, 5.41) is 16.9. The fraction of sp³-hybridized carbons (Fsp3) is 0.333. The molecule has 0 bridgehead atoms. The second kappa shape index (κ2) is 5.31. The molecule has 1 N–H and O–H groups in total. The molecule has 2 aromatic rings. The summed E-state index contributed by atoms with van der Waals surface area (Å²) in [5.41, 5.74) is 1.65. The molecule has 2 heterocycles. The number of anilines is 1. The Labute approximate surface area is 114 Å². The van der Waals surface area contributed by atoms with Crippen LogP contribution in [0.2, 0.25) is 0 Å². The van der Waals surface area contributed by atoms with Crippen LogP contribution < -0.4 is 5.32 Å². The van der Waals surface area contributed by atoms with E-state index in [1.807, 2.05) is 19.2 Å². The molecule has 7 heteroatoms. The molecule has 0 fully saturated rings. The van der Waals surface area contributed by atoms with Gasteiger partial charge in [-0.25, -0.2) is 9.97 Å². The van der Waals surface area contributed by atoms with E-state index in [4.69, 9.17) is 0 Å². The fourth-order valence-corrected chi connectivity index (χ4v) is 2.44. The fourth-order valence-electron chi connectivity index (χ4n) is 1.64. The van der Waals surface area contributed by atoms with Crippen LogP contribution in [0.25, 0.3) is 0 Å². The zero-order valence-corrected chi connectivity index (χ0v) is 11.7. The molecule has 100 valence electrons. The van der Waals surface area contributed by atoms with Crippen molar-refractivity contribution < 1.29 is 4.92 Å². The Balaban J connectivity index is 2.27. The lowest BCUT2D eigenvalue weighted by atomic mass is 10.3. The van der Waals surface area contributed by atoms with Gasteiger partial charge in [-0.15, -0.1) is 11.3 Å². The molecule has 6 nitrogen and oxygen atoms in total. The van der Waals surface area contributed by atoms with E-state index < -0.39 is 4.92 Å². The van der Waals surface area contributed by atoms with Crippen molar-refractivity contribution in [3.8, 4) is 0 Å². The summed E-state index contributed by atoms with van der Waals surface area (Å²) in [5.74, 6) is 0.283. The SMILES string of the molecule is Cc1csc(C(C)Nc2nc(C)ccc2[N+](=O)[O-])n1. The van der Waals surface area contributed by atoms with Crippen LogP contribution in [0.5, 0.6) is 0 Å². The Bertz CT molecular complexity index is 612. The number of rotatable bonds is 4. The highest BCUT2D eigenvalue weighted by Gasteiger charge is 2.18. The Morgan fingerprint density at radius 2 is 2.05 bits per heavy atom. The summed E-state index contributed by atoms with van der Waals surface area (Å²) in [6, 6.07) is 2.97. The van der Waals surface area contributed by atoms with Crippen molar-refractivity contribution in [3.05, 3.63) is 44.0 Å². The van der Waals surface area contributed by atoms with Gasteiger partial charge in [-0.1, -0.05) is 0 Å². The van der Waals surface area contributed by atoms with Crippen molar-refractivity contribution in [1.29, 1.82) is 0 Å². The number of nitro groups is 1. The topological polar surface area (TPSA) is 81.0 Å². The Hall–Kier alpha value is -2.02. The summed E-state index contributed by atoms with van der Waals surface area (Å²) in [7, 11) is 0. The second-order valence-corrected chi connectivity index (χ2v) is 5.16. The minimum absolute atomic E-state index is 0.0225. The van der Waals surface area contributed by atoms with Gasteiger partial charge >= 0.3 is 5.69 Å². The Morgan fingerprint density at radius 3 is 2.63 bits per heavy atom. The molecule has 1 atom stereocenters. The van der Waals surface area contributed by atoms with Gasteiger partial charge in [-0.2, -0.15) is 0 Å². The summed E-state index contributed by atoms with van der Waals surface area (Å²) in [4.78, 5) is 19.1. The van der Waals surface area contributed by atoms with E-state index in [-0.39, 0.29) is 17.5 Å². The van der Waals surface area contributed by atoms with Gasteiger partial charge in [-0.05, 0) is 26.8 Å². The van der Waals surface area contributed by atoms with E-state index in [2.05, 4.69) is 15.3 Å². The van der Waals surface area contributed by atoms with Crippen LogP contribution in [0.3, 0.4) is 0 Å². The number of nitrogens with zero attached hydrogens (tertiary/aromatic N) is 3. The van der Waals surface area contributed by atoms with Gasteiger partial charge in [0.25, 0.3) is 0 Å². The number of pyridine rings is 1. The zero-order valence-electron chi connectivity index (χ0n) is 10.9. The third-order valence-corrected chi connectivity index (χ3v) is 3.72. The number of aromatic nitrogens is 2. The predicted octanol–water partition coefficient (Wildman–Crippen LogP) is 3.24. The predicted molar refractivity (Wildman–Crippen MR) is 74.5 cm³/mol. The lowest BCUT2D eigenvalue weighted by Crippen LogP contribution is -2.10. The van der Waals surface area contributed by atoms with E-state index in [9.17, 15) is 10.1 Å². The van der Waals surface area contributed by atoms with Crippen molar-refractivity contribution in [2.75, 3.05) is 5.32 Å². The highest BCUT2D eigenvalue weighted by molar-refractivity contribution is 7.09. The molecular formula is C12H14N4O2S. The average Bonchev–Trinajstić information content (AvgIpc) is 2.75. The van der Waals surface area contributed by atoms with E-state index >= 15 is 0 Å². The van der Waals surface area contributed by atoms with E-state index in [1.54, 1.807) is 13.0 Å². The molecule has 19 heavy (non-hydrogen) atoms. The molecule has 0 saturated carbocycles. The average molecular weight is 278 g/mol. The first kappa shape index (κ1) is 13.4. The summed E-state index contributed by atoms with van der Waals surface area (Å²) >= 11 is 1.52. The normalized spacial score (nSPS) is 12.2. The molecule has 2 aromatic heterocycles. The second-order valence-electron chi connectivity index (χ2n) is 4.27. The van der Waals surface area contributed by atoms with Crippen LogP contribution in [0.15, 0.2) is 17.5 Å². The van der Waals surface area contributed by atoms with Gasteiger partial charge in [0.15, 0.2) is 0 Å². The van der Waals surface area contributed by atoms with Crippen molar-refractivity contribution in [2.45, 2.75) is 26.8 Å². The Kier molecular flexibility index (Phi) is 3.75. The molecule has 0 radical (unpaired) electrons. The quantitative estimate of drug-likeness (QED) is 0.686. The number of thiazole rings is 1. The standard InChI is InChI=1S/C12H14N4O2S/c1-7-4-5-10(16(17)18)11(13-7)15-9(3)12-14-8(2)6-19-12/h4-6,9H,1-3H3,(H,13,15). The molecule has 0 amide bonds. The van der Waals surface area contributed by atoms with Crippen LogP contribution in [0.1, 0.15) is 29.4 Å². The highest BCUT2D eigenvalue weighted by Crippen LogP contribution is 2.27. The Morgan fingerprint density at radius 1 is 1.32 bits per heavy atom. The first-order chi connectivity index (χ1) is 8.97. The van der Waals surface area contributed by atoms with Crippen molar-refractivity contribution >= 4 is 22.8 Å². The minimum atomic E-state index is -0.436. The van der Waals surface area contributed by atoms with Crippen LogP contribution in [-0.2, 0) is 0 Å². The number of hydrogen-bond acceptors (Lipinski definition) is 6. The van der Waals surface area contributed by atoms with E-state index in [0.29, 0.717) is 0 Å². The van der Waals surface area contributed by atoms with Gasteiger partial charge in [0.1, 0.15) is 5.01 Å². The van der Waals surface area contributed by atoms with Crippen LogP contribution in [0.4, 0.5) is 11.5 Å². The smallest absolute Gasteiger partial charge is 0.311 e. The molecule has 0 aliphatic carbocycles. The maximum Gasteiger partial charge on any atom is 0.311 e. The zero-order chi connectivity index (χ0) is 14.0. The number of hydrogen-bond donors (Lipinski definition) is 1. The molecule has 0 spiro atoms. The first-order valence-electron chi connectivity index (χ1n) is 5.78. The number of nitrogens with one attached hydrogen (secondary N) is 1. The minimum Gasteiger partial charge on any atom is -0.355 e. The summed E-state index contributed by atoms with van der Waals surface area (Å²) < 4.78 is 0. The molecule has 0 aliphatic rings.